The highest BCUT2D eigenvalue weighted by atomic mass is 127. The second-order valence-corrected chi connectivity index (χ2v) is 6.75. The van der Waals surface area contributed by atoms with E-state index in [0.29, 0.717) is 6.54 Å². The summed E-state index contributed by atoms with van der Waals surface area (Å²) in [5.74, 6) is -4.60. The van der Waals surface area contributed by atoms with E-state index in [-0.39, 0.29) is 9.61 Å². The summed E-state index contributed by atoms with van der Waals surface area (Å²) in [6, 6.07) is 1.23. The molecular weight excluding hydrogens is 447 g/mol. The number of likely N-dealkylation sites (N-methyl/N-ethyl adjacent to an activating group) is 1. The molecule has 1 atom stereocenters. The first-order valence-electron chi connectivity index (χ1n) is 7.77. The fourth-order valence-corrected chi connectivity index (χ4v) is 3.19. The summed E-state index contributed by atoms with van der Waals surface area (Å²) < 4.78 is 27.0. The maximum atomic E-state index is 13.8. The van der Waals surface area contributed by atoms with Gasteiger partial charge in [0.1, 0.15) is 11.3 Å². The number of halogens is 3. The van der Waals surface area contributed by atoms with Crippen molar-refractivity contribution in [3.8, 4) is 0 Å². The number of carboxylic acid groups (broad SMARTS) is 1. The number of carbonyl (C=O) groups is 1. The fraction of sp³-hybridized carbons (Fsp3) is 0.438. The normalized spacial score (nSPS) is 19.4. The van der Waals surface area contributed by atoms with Crippen LogP contribution >= 0.6 is 22.6 Å². The highest BCUT2D eigenvalue weighted by Gasteiger charge is 2.23. The van der Waals surface area contributed by atoms with Gasteiger partial charge in [0.2, 0.25) is 11.9 Å². The lowest BCUT2D eigenvalue weighted by Gasteiger charge is -2.20. The first-order valence-corrected chi connectivity index (χ1v) is 8.85. The summed E-state index contributed by atoms with van der Waals surface area (Å²) >= 11 is 1.58. The van der Waals surface area contributed by atoms with Gasteiger partial charge in [0.15, 0.2) is 0 Å². The number of hydrogen-bond donors (Lipinski definition) is 2. The van der Waals surface area contributed by atoms with Gasteiger partial charge in [-0.2, -0.15) is 13.8 Å². The van der Waals surface area contributed by atoms with Crippen LogP contribution in [0.15, 0.2) is 16.6 Å². The Labute approximate surface area is 157 Å². The van der Waals surface area contributed by atoms with Gasteiger partial charge >= 0.3 is 5.97 Å². The Morgan fingerprint density at radius 1 is 1.48 bits per heavy atom. The average molecular weight is 465 g/mol. The molecule has 1 fully saturated rings. The third-order valence-electron chi connectivity index (χ3n) is 4.07. The van der Waals surface area contributed by atoms with Gasteiger partial charge in [-0.3, -0.25) is 9.89 Å². The molecule has 1 saturated heterocycles. The molecule has 0 spiro atoms. The van der Waals surface area contributed by atoms with Gasteiger partial charge in [0.25, 0.3) is 0 Å². The molecule has 25 heavy (non-hydrogen) atoms. The molecule has 0 bridgehead atoms. The zero-order valence-corrected chi connectivity index (χ0v) is 15.7. The number of likely N-dealkylation sites (tertiary alicyclic amines) is 1. The van der Waals surface area contributed by atoms with Gasteiger partial charge in [-0.1, -0.05) is 6.92 Å². The van der Waals surface area contributed by atoms with E-state index in [4.69, 9.17) is 0 Å². The summed E-state index contributed by atoms with van der Waals surface area (Å²) in [6.07, 6.45) is 3.04. The number of carboxylic acids is 1. The molecule has 0 aliphatic carbocycles. The minimum Gasteiger partial charge on any atom is -0.506 e. The van der Waals surface area contributed by atoms with E-state index >= 15 is 0 Å². The Kier molecular flexibility index (Phi) is 6.82. The third-order valence-corrected chi connectivity index (χ3v) is 4.83. The minimum absolute atomic E-state index is 0.0354. The molecule has 1 aromatic rings. The van der Waals surface area contributed by atoms with Crippen LogP contribution in [0.5, 0.6) is 0 Å². The van der Waals surface area contributed by atoms with E-state index in [9.17, 15) is 23.8 Å². The number of pyridine rings is 1. The number of aliphatic hydroxyl groups is 1. The van der Waals surface area contributed by atoms with Crippen LogP contribution in [0.4, 0.5) is 8.78 Å². The summed E-state index contributed by atoms with van der Waals surface area (Å²) in [5, 5.41) is 19.4. The third kappa shape index (κ3) is 4.72. The topological polar surface area (TPSA) is 86.0 Å². The van der Waals surface area contributed by atoms with Crippen LogP contribution in [0, 0.1) is 15.5 Å². The lowest BCUT2D eigenvalue weighted by Crippen LogP contribution is -2.31. The second kappa shape index (κ2) is 8.65. The van der Waals surface area contributed by atoms with Crippen molar-refractivity contribution < 1.29 is 23.8 Å². The van der Waals surface area contributed by atoms with Crippen LogP contribution in [0.1, 0.15) is 25.3 Å². The first-order chi connectivity index (χ1) is 11.8. The van der Waals surface area contributed by atoms with E-state index in [1.165, 1.54) is 0 Å². The molecule has 0 aromatic carbocycles. The van der Waals surface area contributed by atoms with Crippen LogP contribution in [-0.2, 0) is 4.79 Å². The van der Waals surface area contributed by atoms with Crippen molar-refractivity contribution in [2.24, 2.45) is 4.99 Å². The number of aliphatic imine (C=N–C) groups is 1. The maximum absolute atomic E-state index is 13.8. The van der Waals surface area contributed by atoms with Gasteiger partial charge in [-0.05, 0) is 54.6 Å². The standard InChI is InChI=1S/C16H18F2IN3O3/c1-2-22-5-3-4-9(22)7-20-8-11(16(24)25)13(23)10-6-12(19)15(18)21-14(10)17/h6,8-9,23H,2-5,7H2,1H3,(H,24,25). The monoisotopic (exact) mass is 465 g/mol. The van der Waals surface area contributed by atoms with Gasteiger partial charge in [-0.25, -0.2) is 4.79 Å². The molecule has 6 nitrogen and oxygen atoms in total. The summed E-state index contributed by atoms with van der Waals surface area (Å²) in [4.78, 5) is 20.8. The molecule has 2 N–H and O–H groups in total. The van der Waals surface area contributed by atoms with Gasteiger partial charge < -0.3 is 10.2 Å². The van der Waals surface area contributed by atoms with E-state index in [1.807, 2.05) is 6.92 Å². The Hall–Kier alpha value is -1.62. The Morgan fingerprint density at radius 3 is 2.84 bits per heavy atom. The Morgan fingerprint density at radius 2 is 2.20 bits per heavy atom. The van der Waals surface area contributed by atoms with Crippen molar-refractivity contribution >= 4 is 40.5 Å². The van der Waals surface area contributed by atoms with Crippen molar-refractivity contribution in [2.75, 3.05) is 19.6 Å². The molecule has 1 aliphatic heterocycles. The quantitative estimate of drug-likeness (QED) is 0.222. The molecule has 136 valence electrons. The predicted octanol–water partition coefficient (Wildman–Crippen LogP) is 2.87. The highest BCUT2D eigenvalue weighted by molar-refractivity contribution is 14.1. The van der Waals surface area contributed by atoms with E-state index in [1.54, 1.807) is 22.6 Å². The molecule has 1 unspecified atom stereocenters. The maximum Gasteiger partial charge on any atom is 0.341 e. The lowest BCUT2D eigenvalue weighted by atomic mass is 10.1. The SMILES string of the molecule is CCN1CCCC1CN=CC(C(=O)O)=C(O)c1cc(I)c(F)nc1F. The predicted molar refractivity (Wildman–Crippen MR) is 97.7 cm³/mol. The second-order valence-electron chi connectivity index (χ2n) is 5.59. The summed E-state index contributed by atoms with van der Waals surface area (Å²) in [7, 11) is 0. The van der Waals surface area contributed by atoms with Gasteiger partial charge in [0, 0.05) is 12.3 Å². The zero-order chi connectivity index (χ0) is 18.6. The smallest absolute Gasteiger partial charge is 0.341 e. The molecule has 2 rings (SSSR count). The summed E-state index contributed by atoms with van der Waals surface area (Å²) in [6.45, 7) is 4.30. The average Bonchev–Trinajstić information content (AvgIpc) is 3.01. The van der Waals surface area contributed by atoms with Gasteiger partial charge in [0.05, 0.1) is 15.7 Å². The van der Waals surface area contributed by atoms with Crippen LogP contribution < -0.4 is 0 Å². The van der Waals surface area contributed by atoms with Crippen molar-refractivity contribution in [3.05, 3.63) is 32.7 Å². The molecule has 9 heteroatoms. The Bertz CT molecular complexity index is 725. The Balaban J connectivity index is 2.27. The number of aromatic nitrogens is 1. The number of nitrogens with zero attached hydrogens (tertiary/aromatic N) is 3. The largest absolute Gasteiger partial charge is 0.506 e. The molecule has 2 heterocycles. The van der Waals surface area contributed by atoms with Gasteiger partial charge in [-0.15, -0.1) is 0 Å². The number of aliphatic hydroxyl groups excluding tert-OH is 1. The van der Waals surface area contributed by atoms with Crippen molar-refractivity contribution in [1.82, 2.24) is 9.88 Å². The molecule has 1 aliphatic rings. The minimum atomic E-state index is -1.46. The number of rotatable bonds is 6. The lowest BCUT2D eigenvalue weighted by molar-refractivity contribution is -0.132. The van der Waals surface area contributed by atoms with Crippen molar-refractivity contribution in [1.29, 1.82) is 0 Å². The molecule has 0 radical (unpaired) electrons. The summed E-state index contributed by atoms with van der Waals surface area (Å²) in [5.41, 5.74) is -1.05. The number of aliphatic carboxylic acids is 1. The van der Waals surface area contributed by atoms with Crippen molar-refractivity contribution in [2.45, 2.75) is 25.8 Å². The van der Waals surface area contributed by atoms with Crippen LogP contribution in [0.2, 0.25) is 0 Å². The molecule has 0 saturated carbocycles. The molecule has 1 aromatic heterocycles. The highest BCUT2D eigenvalue weighted by Crippen LogP contribution is 2.22. The van der Waals surface area contributed by atoms with Crippen LogP contribution in [-0.4, -0.2) is 58.0 Å². The van der Waals surface area contributed by atoms with Crippen LogP contribution in [0.25, 0.3) is 5.76 Å². The van der Waals surface area contributed by atoms with Crippen LogP contribution in [0.3, 0.4) is 0 Å². The first kappa shape index (κ1) is 19.7. The van der Waals surface area contributed by atoms with Crippen molar-refractivity contribution in [3.63, 3.8) is 0 Å². The number of hydrogen-bond acceptors (Lipinski definition) is 5. The fourth-order valence-electron chi connectivity index (χ4n) is 2.76. The van der Waals surface area contributed by atoms with E-state index < -0.39 is 34.8 Å². The molecular formula is C16H18F2IN3O3. The van der Waals surface area contributed by atoms with E-state index in [2.05, 4.69) is 14.9 Å². The van der Waals surface area contributed by atoms with E-state index in [0.717, 1.165) is 38.2 Å². The zero-order valence-electron chi connectivity index (χ0n) is 13.5. The molecule has 0 amide bonds.